The van der Waals surface area contributed by atoms with Crippen molar-refractivity contribution < 1.29 is 0 Å². The molecule has 1 heteroatoms. The van der Waals surface area contributed by atoms with Gasteiger partial charge >= 0.3 is 0 Å². The fraction of sp³-hybridized carbons (Fsp3) is 0.800. The number of allylic oxidation sites excluding steroid dienone is 3. The van der Waals surface area contributed by atoms with Crippen LogP contribution in [0.15, 0.2) is 23.9 Å². The van der Waals surface area contributed by atoms with Gasteiger partial charge in [0.2, 0.25) is 0 Å². The van der Waals surface area contributed by atoms with Crippen molar-refractivity contribution >= 4 is 0 Å². The molecule has 21 heavy (non-hydrogen) atoms. The van der Waals surface area contributed by atoms with Gasteiger partial charge in [0.1, 0.15) is 0 Å². The van der Waals surface area contributed by atoms with Crippen molar-refractivity contribution in [2.45, 2.75) is 80.6 Å². The Labute approximate surface area is 134 Å². The molecule has 0 aromatic heterocycles. The Balaban J connectivity index is 4.60. The van der Waals surface area contributed by atoms with Crippen LogP contribution < -0.4 is 0 Å². The fourth-order valence-corrected chi connectivity index (χ4v) is 2.65. The second-order valence-corrected chi connectivity index (χ2v) is 7.47. The molecule has 0 heterocycles. The van der Waals surface area contributed by atoms with Gasteiger partial charge in [-0.1, -0.05) is 59.3 Å². The minimum absolute atomic E-state index is 0.379. The topological polar surface area (TPSA) is 3.24 Å². The average Bonchev–Trinajstić information content (AvgIpc) is 2.37. The molecular weight excluding hydrogens is 254 g/mol. The Morgan fingerprint density at radius 2 is 1.81 bits per heavy atom. The highest BCUT2D eigenvalue weighted by molar-refractivity contribution is 4.96. The van der Waals surface area contributed by atoms with Crippen LogP contribution in [0.1, 0.15) is 80.6 Å². The molecule has 0 aromatic carbocycles. The molecule has 124 valence electrons. The van der Waals surface area contributed by atoms with Crippen LogP contribution in [0.5, 0.6) is 0 Å². The Bertz CT molecular complexity index is 321. The predicted octanol–water partition coefficient (Wildman–Crippen LogP) is 6.42. The van der Waals surface area contributed by atoms with E-state index in [1.54, 1.807) is 0 Å². The van der Waals surface area contributed by atoms with Crippen LogP contribution in [0.4, 0.5) is 0 Å². The van der Waals surface area contributed by atoms with E-state index in [9.17, 15) is 0 Å². The van der Waals surface area contributed by atoms with E-state index in [4.69, 9.17) is 0 Å². The third kappa shape index (κ3) is 8.34. The van der Waals surface area contributed by atoms with Gasteiger partial charge in [-0.2, -0.15) is 0 Å². The summed E-state index contributed by atoms with van der Waals surface area (Å²) in [5.74, 6) is 0.684. The van der Waals surface area contributed by atoms with E-state index in [0.717, 1.165) is 19.5 Å². The molecule has 1 nitrogen and oxygen atoms in total. The van der Waals surface area contributed by atoms with Gasteiger partial charge in [-0.3, -0.25) is 0 Å². The zero-order valence-corrected chi connectivity index (χ0v) is 15.8. The minimum atomic E-state index is 0.379. The summed E-state index contributed by atoms with van der Waals surface area (Å²) in [4.78, 5) is 2.52. The second-order valence-electron chi connectivity index (χ2n) is 7.47. The first kappa shape index (κ1) is 20.3. The van der Waals surface area contributed by atoms with Crippen LogP contribution in [-0.2, 0) is 0 Å². The maximum absolute atomic E-state index is 4.30. The predicted molar refractivity (Wildman–Crippen MR) is 97.5 cm³/mol. The van der Waals surface area contributed by atoms with Crippen molar-refractivity contribution in [1.82, 2.24) is 4.90 Å². The number of rotatable bonds is 11. The van der Waals surface area contributed by atoms with Crippen LogP contribution >= 0.6 is 0 Å². The smallest absolute Gasteiger partial charge is 0.0205 e. The molecule has 1 unspecified atom stereocenters. The van der Waals surface area contributed by atoms with Crippen LogP contribution in [-0.4, -0.2) is 18.0 Å². The quantitative estimate of drug-likeness (QED) is 0.397. The largest absolute Gasteiger partial charge is 0.375 e. The van der Waals surface area contributed by atoms with Crippen molar-refractivity contribution in [2.24, 2.45) is 11.3 Å². The monoisotopic (exact) mass is 293 g/mol. The molecular formula is C20H39N. The van der Waals surface area contributed by atoms with E-state index in [-0.39, 0.29) is 0 Å². The van der Waals surface area contributed by atoms with E-state index in [1.807, 2.05) is 0 Å². The first-order valence-electron chi connectivity index (χ1n) is 8.80. The Morgan fingerprint density at radius 1 is 1.19 bits per heavy atom. The maximum atomic E-state index is 4.30. The normalized spacial score (nSPS) is 12.9. The molecule has 0 amide bonds. The van der Waals surface area contributed by atoms with Gasteiger partial charge in [-0.05, 0) is 50.9 Å². The summed E-state index contributed by atoms with van der Waals surface area (Å²) in [5.41, 5.74) is 3.14. The van der Waals surface area contributed by atoms with E-state index < -0.39 is 0 Å². The summed E-state index contributed by atoms with van der Waals surface area (Å²) in [6.07, 6.45) is 8.35. The first-order valence-corrected chi connectivity index (χ1v) is 8.80. The molecule has 0 N–H and O–H groups in total. The summed E-state index contributed by atoms with van der Waals surface area (Å²) in [7, 11) is 0. The lowest BCUT2D eigenvalue weighted by Crippen LogP contribution is -2.35. The Kier molecular flexibility index (Phi) is 9.74. The van der Waals surface area contributed by atoms with Gasteiger partial charge in [0.05, 0.1) is 0 Å². The number of hydrogen-bond donors (Lipinski definition) is 0. The summed E-state index contributed by atoms with van der Waals surface area (Å²) in [6.45, 7) is 22.7. The van der Waals surface area contributed by atoms with Crippen LogP contribution in [0, 0.1) is 11.3 Å². The van der Waals surface area contributed by atoms with E-state index in [1.165, 1.54) is 37.0 Å². The molecule has 0 radical (unpaired) electrons. The SMILES string of the molecule is C=C(CCC)N(CCC)CC(C)C(C)(C)CCC=C(C)C. The molecule has 0 saturated carbocycles. The summed E-state index contributed by atoms with van der Waals surface area (Å²) in [6, 6.07) is 0. The molecule has 1 atom stereocenters. The first-order chi connectivity index (χ1) is 9.74. The van der Waals surface area contributed by atoms with Gasteiger partial charge in [0, 0.05) is 18.8 Å². The van der Waals surface area contributed by atoms with Gasteiger partial charge in [0.15, 0.2) is 0 Å². The molecule has 0 aliphatic rings. The number of hydrogen-bond acceptors (Lipinski definition) is 1. The summed E-state index contributed by atoms with van der Waals surface area (Å²) >= 11 is 0. The minimum Gasteiger partial charge on any atom is -0.375 e. The Morgan fingerprint density at radius 3 is 2.29 bits per heavy atom. The zero-order valence-electron chi connectivity index (χ0n) is 15.8. The van der Waals surface area contributed by atoms with Crippen LogP contribution in [0.3, 0.4) is 0 Å². The molecule has 0 saturated heterocycles. The standard InChI is InChI=1S/C20H39N/c1-9-12-19(6)21(15-10-2)16-18(5)20(7,8)14-11-13-17(3)4/h13,18H,6,9-12,14-16H2,1-5,7-8H3. The van der Waals surface area contributed by atoms with Crippen LogP contribution in [0.2, 0.25) is 0 Å². The fourth-order valence-electron chi connectivity index (χ4n) is 2.65. The zero-order chi connectivity index (χ0) is 16.5. The molecule has 0 spiro atoms. The highest BCUT2D eigenvalue weighted by atomic mass is 15.1. The van der Waals surface area contributed by atoms with E-state index >= 15 is 0 Å². The van der Waals surface area contributed by atoms with Crippen molar-refractivity contribution in [3.63, 3.8) is 0 Å². The third-order valence-electron chi connectivity index (χ3n) is 4.65. The molecule has 0 aliphatic carbocycles. The van der Waals surface area contributed by atoms with E-state index in [0.29, 0.717) is 11.3 Å². The maximum Gasteiger partial charge on any atom is 0.0205 e. The van der Waals surface area contributed by atoms with Crippen molar-refractivity contribution in [3.05, 3.63) is 23.9 Å². The summed E-state index contributed by atoms with van der Waals surface area (Å²) < 4.78 is 0. The molecule has 0 rings (SSSR count). The third-order valence-corrected chi connectivity index (χ3v) is 4.65. The van der Waals surface area contributed by atoms with Crippen molar-refractivity contribution in [1.29, 1.82) is 0 Å². The molecule has 0 bridgehead atoms. The molecule has 0 aliphatic heterocycles. The molecule has 0 fully saturated rings. The Hall–Kier alpha value is -0.720. The van der Waals surface area contributed by atoms with Gasteiger partial charge < -0.3 is 4.90 Å². The van der Waals surface area contributed by atoms with Gasteiger partial charge in [-0.25, -0.2) is 0 Å². The lowest BCUT2D eigenvalue weighted by Gasteiger charge is -2.37. The van der Waals surface area contributed by atoms with Crippen LogP contribution in [0.25, 0.3) is 0 Å². The number of nitrogens with zero attached hydrogens (tertiary/aromatic N) is 1. The second kappa shape index (κ2) is 10.1. The molecule has 0 aromatic rings. The van der Waals surface area contributed by atoms with Crippen molar-refractivity contribution in [3.8, 4) is 0 Å². The van der Waals surface area contributed by atoms with Gasteiger partial charge in [0.25, 0.3) is 0 Å². The summed E-state index contributed by atoms with van der Waals surface area (Å²) in [5, 5.41) is 0. The lowest BCUT2D eigenvalue weighted by atomic mass is 9.76. The highest BCUT2D eigenvalue weighted by Gasteiger charge is 2.26. The van der Waals surface area contributed by atoms with Crippen molar-refractivity contribution in [2.75, 3.05) is 13.1 Å². The van der Waals surface area contributed by atoms with Gasteiger partial charge in [-0.15, -0.1) is 0 Å². The van der Waals surface area contributed by atoms with E-state index in [2.05, 4.69) is 66.0 Å². The highest BCUT2D eigenvalue weighted by Crippen LogP contribution is 2.33. The average molecular weight is 294 g/mol. The lowest BCUT2D eigenvalue weighted by molar-refractivity contribution is 0.157.